The van der Waals surface area contributed by atoms with Crippen molar-refractivity contribution >= 4 is 29.8 Å². The van der Waals surface area contributed by atoms with Gasteiger partial charge in [0, 0.05) is 0 Å². The lowest BCUT2D eigenvalue weighted by Crippen LogP contribution is -2.43. The highest BCUT2D eigenvalue weighted by Gasteiger charge is 2.42. The first-order valence-corrected chi connectivity index (χ1v) is 9.37. The number of nitrogens with one attached hydrogen (secondary N) is 1. The van der Waals surface area contributed by atoms with Gasteiger partial charge in [-0.25, -0.2) is 0 Å². The van der Waals surface area contributed by atoms with E-state index in [0.29, 0.717) is 17.4 Å². The Morgan fingerprint density at radius 3 is 2.21 bits per heavy atom. The molecule has 3 aromatic carbocycles. The molecule has 3 nitrogen and oxygen atoms in total. The normalized spacial score (nSPS) is 20.6. The van der Waals surface area contributed by atoms with E-state index in [1.165, 1.54) is 11.1 Å². The highest BCUT2D eigenvalue weighted by atomic mass is 35.5. The third-order valence-electron chi connectivity index (χ3n) is 4.93. The molecule has 0 radical (unpaired) electrons. The Hall–Kier alpha value is -2.49. The molecule has 0 saturated carbocycles. The maximum absolute atomic E-state index is 6.20. The summed E-state index contributed by atoms with van der Waals surface area (Å²) in [6.07, 6.45) is 0. The van der Waals surface area contributed by atoms with Crippen LogP contribution in [0.2, 0.25) is 5.02 Å². The smallest absolute Gasteiger partial charge is 0.145 e. The van der Waals surface area contributed by atoms with Gasteiger partial charge >= 0.3 is 0 Å². The lowest BCUT2D eigenvalue weighted by molar-refractivity contribution is 0.359. The molecule has 0 fully saturated rings. The minimum atomic E-state index is -0.345. The van der Waals surface area contributed by atoms with Gasteiger partial charge in [-0.1, -0.05) is 84.4 Å². The lowest BCUT2D eigenvalue weighted by atomic mass is 9.82. The fourth-order valence-electron chi connectivity index (χ4n) is 3.52. The van der Waals surface area contributed by atoms with Crippen LogP contribution in [0.15, 0.2) is 89.9 Å². The second kappa shape index (κ2) is 8.68. The van der Waals surface area contributed by atoms with Gasteiger partial charge in [0.25, 0.3) is 0 Å². The van der Waals surface area contributed by atoms with Crippen molar-refractivity contribution in [3.05, 3.63) is 101 Å². The number of hydrogen-bond acceptors (Lipinski definition) is 3. The van der Waals surface area contributed by atoms with Crippen molar-refractivity contribution in [3.8, 4) is 5.75 Å². The summed E-state index contributed by atoms with van der Waals surface area (Å²) < 4.78 is 5.91. The number of aliphatic imine (C=N–C) groups is 1. The predicted molar refractivity (Wildman–Crippen MR) is 118 cm³/mol. The molecule has 5 heteroatoms. The van der Waals surface area contributed by atoms with Crippen LogP contribution in [0.5, 0.6) is 5.75 Å². The number of para-hydroxylation sites is 1. The summed E-state index contributed by atoms with van der Waals surface area (Å²) in [5.41, 5.74) is 2.02. The summed E-state index contributed by atoms with van der Waals surface area (Å²) in [7, 11) is 0. The number of ether oxygens (including phenoxy) is 1. The minimum Gasteiger partial charge on any atom is -0.484 e. The molecule has 1 aliphatic rings. The van der Waals surface area contributed by atoms with Crippen molar-refractivity contribution in [1.29, 1.82) is 0 Å². The SMILES string of the molecule is CC1(c2ccccc2)NC(COc2ccccc2Cl)=NC1c1ccccc1.Cl. The predicted octanol–water partition coefficient (Wildman–Crippen LogP) is 5.80. The second-order valence-electron chi connectivity index (χ2n) is 6.80. The van der Waals surface area contributed by atoms with E-state index in [-0.39, 0.29) is 24.0 Å². The molecule has 144 valence electrons. The van der Waals surface area contributed by atoms with E-state index in [1.54, 1.807) is 0 Å². The summed E-state index contributed by atoms with van der Waals surface area (Å²) in [5, 5.41) is 4.20. The van der Waals surface area contributed by atoms with Gasteiger partial charge in [-0.15, -0.1) is 12.4 Å². The van der Waals surface area contributed by atoms with E-state index in [9.17, 15) is 0 Å². The molecule has 1 N–H and O–H groups in total. The molecule has 0 aliphatic carbocycles. The van der Waals surface area contributed by atoms with Crippen LogP contribution in [0.3, 0.4) is 0 Å². The molecule has 28 heavy (non-hydrogen) atoms. The van der Waals surface area contributed by atoms with Crippen molar-refractivity contribution in [2.45, 2.75) is 18.5 Å². The molecule has 0 aromatic heterocycles. The van der Waals surface area contributed by atoms with Crippen LogP contribution in [-0.4, -0.2) is 12.4 Å². The zero-order valence-electron chi connectivity index (χ0n) is 15.5. The number of hydrogen-bond donors (Lipinski definition) is 1. The Balaban J connectivity index is 0.00000225. The Morgan fingerprint density at radius 1 is 0.929 bits per heavy atom. The number of amidine groups is 1. The van der Waals surface area contributed by atoms with Crippen LogP contribution in [0.25, 0.3) is 0 Å². The van der Waals surface area contributed by atoms with Gasteiger partial charge in [0.05, 0.1) is 10.6 Å². The highest BCUT2D eigenvalue weighted by Crippen LogP contribution is 2.41. The Bertz CT molecular complexity index is 947. The highest BCUT2D eigenvalue weighted by molar-refractivity contribution is 6.32. The lowest BCUT2D eigenvalue weighted by Gasteiger charge is -2.32. The molecule has 3 aromatic rings. The first-order chi connectivity index (χ1) is 13.2. The summed E-state index contributed by atoms with van der Waals surface area (Å²) in [6, 6.07) is 28.2. The Labute approximate surface area is 176 Å². The summed E-state index contributed by atoms with van der Waals surface area (Å²) in [4.78, 5) is 4.97. The molecule has 0 amide bonds. The van der Waals surface area contributed by atoms with Crippen LogP contribution >= 0.6 is 24.0 Å². The van der Waals surface area contributed by atoms with Crippen molar-refractivity contribution in [2.75, 3.05) is 6.61 Å². The van der Waals surface area contributed by atoms with Crippen LogP contribution < -0.4 is 10.1 Å². The number of halogens is 2. The van der Waals surface area contributed by atoms with E-state index >= 15 is 0 Å². The maximum Gasteiger partial charge on any atom is 0.145 e. The maximum atomic E-state index is 6.20. The zero-order chi connectivity index (χ0) is 18.7. The topological polar surface area (TPSA) is 33.6 Å². The largest absolute Gasteiger partial charge is 0.484 e. The molecular weight excluding hydrogens is 391 g/mol. The van der Waals surface area contributed by atoms with Crippen LogP contribution in [-0.2, 0) is 5.54 Å². The van der Waals surface area contributed by atoms with Gasteiger partial charge < -0.3 is 10.1 Å². The second-order valence-corrected chi connectivity index (χ2v) is 7.21. The quantitative estimate of drug-likeness (QED) is 0.574. The van der Waals surface area contributed by atoms with E-state index in [1.807, 2.05) is 36.4 Å². The van der Waals surface area contributed by atoms with Gasteiger partial charge in [-0.3, -0.25) is 4.99 Å². The first-order valence-electron chi connectivity index (χ1n) is 8.99. The van der Waals surface area contributed by atoms with Crippen molar-refractivity contribution < 1.29 is 4.74 Å². The summed E-state index contributed by atoms with van der Waals surface area (Å²) >= 11 is 6.20. The monoisotopic (exact) mass is 412 g/mol. The van der Waals surface area contributed by atoms with E-state index in [4.69, 9.17) is 21.3 Å². The molecule has 2 unspecified atom stereocenters. The number of nitrogens with zero attached hydrogens (tertiary/aromatic N) is 1. The van der Waals surface area contributed by atoms with Crippen molar-refractivity contribution in [3.63, 3.8) is 0 Å². The van der Waals surface area contributed by atoms with Gasteiger partial charge in [-0.2, -0.15) is 0 Å². The third-order valence-corrected chi connectivity index (χ3v) is 5.24. The Kier molecular flexibility index (Phi) is 6.28. The fourth-order valence-corrected chi connectivity index (χ4v) is 3.71. The molecule has 0 spiro atoms. The van der Waals surface area contributed by atoms with Crippen molar-refractivity contribution in [2.24, 2.45) is 4.99 Å². The molecular formula is C23H22Cl2N2O. The minimum absolute atomic E-state index is 0. The first kappa shape index (κ1) is 20.2. The molecule has 2 atom stereocenters. The molecule has 1 heterocycles. The zero-order valence-corrected chi connectivity index (χ0v) is 17.1. The fraction of sp³-hybridized carbons (Fsp3) is 0.174. The van der Waals surface area contributed by atoms with Gasteiger partial charge in [-0.05, 0) is 30.2 Å². The van der Waals surface area contributed by atoms with E-state index in [0.717, 1.165) is 5.84 Å². The number of rotatable bonds is 5. The third kappa shape index (κ3) is 4.01. The van der Waals surface area contributed by atoms with Crippen LogP contribution in [0.1, 0.15) is 24.1 Å². The molecule has 1 aliphatic heterocycles. The van der Waals surface area contributed by atoms with E-state index in [2.05, 4.69) is 60.8 Å². The van der Waals surface area contributed by atoms with E-state index < -0.39 is 0 Å². The van der Waals surface area contributed by atoms with Gasteiger partial charge in [0.15, 0.2) is 0 Å². The average Bonchev–Trinajstić information content (AvgIpc) is 3.06. The molecule has 4 rings (SSSR count). The van der Waals surface area contributed by atoms with Crippen LogP contribution in [0.4, 0.5) is 0 Å². The molecule has 0 bridgehead atoms. The van der Waals surface area contributed by atoms with Crippen molar-refractivity contribution in [1.82, 2.24) is 5.32 Å². The summed E-state index contributed by atoms with van der Waals surface area (Å²) in [6.45, 7) is 2.53. The van der Waals surface area contributed by atoms with Gasteiger partial charge in [0.1, 0.15) is 24.2 Å². The molecule has 0 saturated heterocycles. The standard InChI is InChI=1S/C23H21ClN2O.ClH/c1-23(18-12-6-3-7-13-18)22(17-10-4-2-5-11-17)25-21(26-23)16-27-20-15-9-8-14-19(20)24;/h2-15,22H,16H2,1H3,(H,25,26);1H. The average molecular weight is 413 g/mol. The number of benzene rings is 3. The van der Waals surface area contributed by atoms with Gasteiger partial charge in [0.2, 0.25) is 0 Å². The summed E-state index contributed by atoms with van der Waals surface area (Å²) in [5.74, 6) is 1.48. The van der Waals surface area contributed by atoms with Crippen LogP contribution in [0, 0.1) is 0 Å². The Morgan fingerprint density at radius 2 is 1.54 bits per heavy atom.